The normalized spacial score (nSPS) is 29.6. The molecular weight excluding hydrogens is 382 g/mol. The predicted octanol–water partition coefficient (Wildman–Crippen LogP) is 1.73. The number of rotatable bonds is 2. The highest BCUT2D eigenvalue weighted by Crippen LogP contribution is 2.40. The average Bonchev–Trinajstić information content (AvgIpc) is 2.76. The quantitative estimate of drug-likeness (QED) is 0.325. The largest absolute Gasteiger partial charge is 0.394 e. The van der Waals surface area contributed by atoms with Gasteiger partial charge >= 0.3 is 0 Å². The van der Waals surface area contributed by atoms with Gasteiger partial charge in [-0.25, -0.2) is 0 Å². The highest BCUT2D eigenvalue weighted by Gasteiger charge is 2.53. The maximum atomic E-state index is 11.4. The van der Waals surface area contributed by atoms with Gasteiger partial charge in [-0.2, -0.15) is 0 Å². The Balaban J connectivity index is 1.74. The first-order valence-corrected chi connectivity index (χ1v) is 9.91. The fraction of sp³-hybridized carbons (Fsp3) is 0.250. The van der Waals surface area contributed by atoms with Crippen molar-refractivity contribution in [2.45, 2.75) is 30.1 Å². The van der Waals surface area contributed by atoms with E-state index in [0.717, 1.165) is 32.3 Å². The van der Waals surface area contributed by atoms with Gasteiger partial charge < -0.3 is 30.9 Å². The van der Waals surface area contributed by atoms with Crippen LogP contribution < -0.4 is 5.73 Å². The molecule has 0 saturated carbocycles. The van der Waals surface area contributed by atoms with Gasteiger partial charge in [-0.1, -0.05) is 42.5 Å². The second-order valence-corrected chi connectivity index (χ2v) is 7.97. The minimum absolute atomic E-state index is 0.381. The van der Waals surface area contributed by atoms with Crippen LogP contribution in [0.25, 0.3) is 32.3 Å². The summed E-state index contributed by atoms with van der Waals surface area (Å²) < 4.78 is 5.67. The molecule has 0 spiro atoms. The van der Waals surface area contributed by atoms with E-state index >= 15 is 0 Å². The number of aliphatic hydroxyl groups excluding tert-OH is 3. The maximum absolute atomic E-state index is 11.4. The van der Waals surface area contributed by atoms with Crippen LogP contribution in [0.1, 0.15) is 5.56 Å². The summed E-state index contributed by atoms with van der Waals surface area (Å²) in [6.07, 6.45) is -4.02. The zero-order valence-electron chi connectivity index (χ0n) is 16.1. The van der Waals surface area contributed by atoms with Gasteiger partial charge in [0, 0.05) is 5.56 Å². The minimum atomic E-state index is -2.07. The fourth-order valence-corrected chi connectivity index (χ4v) is 4.46. The van der Waals surface area contributed by atoms with Crippen molar-refractivity contribution in [1.29, 1.82) is 0 Å². The highest BCUT2D eigenvalue weighted by molar-refractivity contribution is 6.05. The van der Waals surface area contributed by atoms with Gasteiger partial charge in [0.25, 0.3) is 0 Å². The molecule has 6 N–H and O–H groups in total. The molecule has 5 rings (SSSR count). The average molecular weight is 405 g/mol. The van der Waals surface area contributed by atoms with Crippen LogP contribution in [0.4, 0.5) is 0 Å². The van der Waals surface area contributed by atoms with E-state index in [9.17, 15) is 20.4 Å². The lowest BCUT2D eigenvalue weighted by Gasteiger charge is -2.46. The second kappa shape index (κ2) is 6.99. The van der Waals surface area contributed by atoms with E-state index in [1.807, 2.05) is 36.4 Å². The third-order valence-corrected chi connectivity index (χ3v) is 6.15. The molecule has 6 nitrogen and oxygen atoms in total. The van der Waals surface area contributed by atoms with Gasteiger partial charge in [0.15, 0.2) is 0 Å². The summed E-state index contributed by atoms with van der Waals surface area (Å²) in [4.78, 5) is 0. The molecule has 4 aromatic rings. The van der Waals surface area contributed by atoms with Crippen LogP contribution in [0.3, 0.4) is 0 Å². The number of fused-ring (bicyclic) bond motifs is 3. The number of ether oxygens (including phenoxy) is 1. The molecule has 5 atom stereocenters. The Kier molecular flexibility index (Phi) is 4.52. The molecule has 1 fully saturated rings. The topological polar surface area (TPSA) is 116 Å². The summed E-state index contributed by atoms with van der Waals surface area (Å²) >= 11 is 0. The van der Waals surface area contributed by atoms with E-state index in [1.165, 1.54) is 0 Å². The van der Waals surface area contributed by atoms with Crippen LogP contribution in [0, 0.1) is 0 Å². The summed E-state index contributed by atoms with van der Waals surface area (Å²) in [6, 6.07) is 20.4. The van der Waals surface area contributed by atoms with E-state index in [2.05, 4.69) is 18.2 Å². The van der Waals surface area contributed by atoms with Crippen molar-refractivity contribution in [2.24, 2.45) is 5.73 Å². The molecule has 0 aliphatic carbocycles. The molecule has 1 aliphatic heterocycles. The van der Waals surface area contributed by atoms with Gasteiger partial charge in [-0.15, -0.1) is 0 Å². The van der Waals surface area contributed by atoms with Gasteiger partial charge in [0.2, 0.25) is 5.79 Å². The number of hydrogen-bond donors (Lipinski definition) is 5. The number of nitrogens with two attached hydrogens (primary N) is 1. The SMILES string of the molecule is N[C@@H]1[C@@H](O)[C@H](O)[C@@H](CO)O[C@]1(O)c1cccc2cc3cc4ccccc4cc3cc12. The Morgan fingerprint density at radius 1 is 0.800 bits per heavy atom. The minimum Gasteiger partial charge on any atom is -0.394 e. The molecule has 0 bridgehead atoms. The Bertz CT molecular complexity index is 1260. The van der Waals surface area contributed by atoms with Crippen molar-refractivity contribution < 1.29 is 25.2 Å². The van der Waals surface area contributed by atoms with Crippen molar-refractivity contribution in [3.63, 3.8) is 0 Å². The third kappa shape index (κ3) is 2.81. The maximum Gasteiger partial charge on any atom is 0.211 e. The monoisotopic (exact) mass is 405 g/mol. The molecule has 0 radical (unpaired) electrons. The van der Waals surface area contributed by atoms with Crippen LogP contribution >= 0.6 is 0 Å². The van der Waals surface area contributed by atoms with Crippen LogP contribution in [0.15, 0.2) is 66.7 Å². The summed E-state index contributed by atoms with van der Waals surface area (Å²) in [5.41, 5.74) is 6.49. The molecular formula is C24H23NO5. The molecule has 1 heterocycles. The molecule has 6 heteroatoms. The lowest BCUT2D eigenvalue weighted by molar-refractivity contribution is -0.322. The molecule has 0 amide bonds. The Hall–Kier alpha value is -2.58. The first-order valence-electron chi connectivity index (χ1n) is 9.91. The van der Waals surface area contributed by atoms with Gasteiger partial charge in [0.1, 0.15) is 18.3 Å². The number of aliphatic hydroxyl groups is 4. The Morgan fingerprint density at radius 2 is 1.40 bits per heavy atom. The Morgan fingerprint density at radius 3 is 2.07 bits per heavy atom. The molecule has 1 saturated heterocycles. The van der Waals surface area contributed by atoms with E-state index < -0.39 is 36.7 Å². The summed E-state index contributed by atoms with van der Waals surface area (Å²) in [5.74, 6) is -2.07. The lowest BCUT2D eigenvalue weighted by Crippen LogP contribution is -2.66. The van der Waals surface area contributed by atoms with Crippen LogP contribution in [0.5, 0.6) is 0 Å². The first kappa shape index (κ1) is 19.4. The molecule has 4 aromatic carbocycles. The molecule has 154 valence electrons. The molecule has 1 aliphatic rings. The molecule has 0 aromatic heterocycles. The van der Waals surface area contributed by atoms with E-state index in [-0.39, 0.29) is 0 Å². The predicted molar refractivity (Wildman–Crippen MR) is 115 cm³/mol. The van der Waals surface area contributed by atoms with Gasteiger partial charge in [0.05, 0.1) is 12.6 Å². The lowest BCUT2D eigenvalue weighted by atomic mass is 9.84. The summed E-state index contributed by atoms with van der Waals surface area (Å²) in [6.45, 7) is -0.563. The van der Waals surface area contributed by atoms with Crippen LogP contribution in [-0.2, 0) is 10.5 Å². The van der Waals surface area contributed by atoms with E-state index in [0.29, 0.717) is 5.56 Å². The summed E-state index contributed by atoms with van der Waals surface area (Å²) in [5, 5.41) is 47.3. The zero-order valence-corrected chi connectivity index (χ0v) is 16.1. The van der Waals surface area contributed by atoms with Crippen LogP contribution in [0.2, 0.25) is 0 Å². The highest BCUT2D eigenvalue weighted by atomic mass is 16.6. The first-order chi connectivity index (χ1) is 14.4. The van der Waals surface area contributed by atoms with Crippen molar-refractivity contribution in [3.8, 4) is 0 Å². The van der Waals surface area contributed by atoms with Crippen molar-refractivity contribution >= 4 is 32.3 Å². The second-order valence-electron chi connectivity index (χ2n) is 7.97. The third-order valence-electron chi connectivity index (χ3n) is 6.15. The van der Waals surface area contributed by atoms with Crippen molar-refractivity contribution in [1.82, 2.24) is 0 Å². The fourth-order valence-electron chi connectivity index (χ4n) is 4.46. The molecule has 30 heavy (non-hydrogen) atoms. The van der Waals surface area contributed by atoms with E-state index in [4.69, 9.17) is 10.5 Å². The number of benzene rings is 4. The zero-order chi connectivity index (χ0) is 21.0. The van der Waals surface area contributed by atoms with Gasteiger partial charge in [-0.05, 0) is 56.6 Å². The Labute approximate surface area is 172 Å². The smallest absolute Gasteiger partial charge is 0.211 e. The van der Waals surface area contributed by atoms with E-state index in [1.54, 1.807) is 12.1 Å². The summed E-state index contributed by atoms with van der Waals surface area (Å²) in [7, 11) is 0. The van der Waals surface area contributed by atoms with Crippen molar-refractivity contribution in [2.75, 3.05) is 6.61 Å². The number of hydrogen-bond acceptors (Lipinski definition) is 6. The standard InChI is InChI=1S/C24H23NO5/c25-23-22(28)21(27)20(12-26)30-24(23,29)19-7-3-6-15-10-16-8-13-4-1-2-5-14(13)9-17(16)11-18(15)19/h1-11,20-23,26-29H,12,25H2/t20-,21-,22+,23-,24-/m1/s1. The van der Waals surface area contributed by atoms with Gasteiger partial charge in [-0.3, -0.25) is 0 Å². The van der Waals surface area contributed by atoms with Crippen LogP contribution in [-0.4, -0.2) is 51.4 Å². The van der Waals surface area contributed by atoms with Crippen molar-refractivity contribution in [3.05, 3.63) is 72.3 Å². The molecule has 0 unspecified atom stereocenters.